The number of hydrogen-bond donors (Lipinski definition) is 1. The standard InChI is InChI=1S/C24H32N2O3S/c1-18(2)16-23(20-8-5-4-6-9-20)25-24(27)21-10-7-15-26(17-21)30(28,29)22-13-11-19(3)12-14-22/h4-6,8-9,11-14,18,21,23H,7,10,15-17H2,1-3H3,(H,25,27)/t21-,23-/m1/s1. The maximum atomic E-state index is 13.1. The number of amides is 1. The minimum atomic E-state index is -3.59. The number of aryl methyl sites for hydroxylation is 1. The predicted octanol–water partition coefficient (Wildman–Crippen LogP) is 4.30. The third-order valence-corrected chi connectivity index (χ3v) is 7.52. The summed E-state index contributed by atoms with van der Waals surface area (Å²) < 4.78 is 27.6. The average molecular weight is 429 g/mol. The maximum absolute atomic E-state index is 13.1. The summed E-state index contributed by atoms with van der Waals surface area (Å²) in [5, 5.41) is 3.19. The van der Waals surface area contributed by atoms with Crippen LogP contribution in [0.25, 0.3) is 0 Å². The van der Waals surface area contributed by atoms with Gasteiger partial charge in [-0.2, -0.15) is 4.31 Å². The highest BCUT2D eigenvalue weighted by molar-refractivity contribution is 7.89. The molecule has 3 rings (SSSR count). The Kier molecular flexibility index (Phi) is 7.32. The number of carbonyl (C=O) groups excluding carboxylic acids is 1. The van der Waals surface area contributed by atoms with E-state index in [1.165, 1.54) is 4.31 Å². The van der Waals surface area contributed by atoms with Crippen molar-refractivity contribution in [2.75, 3.05) is 13.1 Å². The number of carbonyl (C=O) groups is 1. The quantitative estimate of drug-likeness (QED) is 0.715. The molecule has 1 aliphatic heterocycles. The zero-order valence-corrected chi connectivity index (χ0v) is 18.9. The van der Waals surface area contributed by atoms with Crippen LogP contribution in [-0.2, 0) is 14.8 Å². The number of nitrogens with one attached hydrogen (secondary N) is 1. The van der Waals surface area contributed by atoms with Gasteiger partial charge < -0.3 is 5.32 Å². The lowest BCUT2D eigenvalue weighted by Gasteiger charge is -2.32. The fourth-order valence-corrected chi connectivity index (χ4v) is 5.48. The second kappa shape index (κ2) is 9.75. The van der Waals surface area contributed by atoms with Crippen LogP contribution in [0.2, 0.25) is 0 Å². The molecule has 0 aliphatic carbocycles. The molecule has 1 fully saturated rings. The van der Waals surface area contributed by atoms with Crippen molar-refractivity contribution in [3.8, 4) is 0 Å². The Labute approximate surface area is 180 Å². The van der Waals surface area contributed by atoms with Gasteiger partial charge in [-0.05, 0) is 49.8 Å². The molecule has 5 nitrogen and oxygen atoms in total. The van der Waals surface area contributed by atoms with Crippen LogP contribution < -0.4 is 5.32 Å². The molecule has 6 heteroatoms. The first-order valence-electron chi connectivity index (χ1n) is 10.7. The number of sulfonamides is 1. The smallest absolute Gasteiger partial charge is 0.243 e. The molecular weight excluding hydrogens is 396 g/mol. The van der Waals surface area contributed by atoms with Crippen LogP contribution in [0.4, 0.5) is 0 Å². The number of piperidine rings is 1. The van der Waals surface area contributed by atoms with Gasteiger partial charge in [0.1, 0.15) is 0 Å². The van der Waals surface area contributed by atoms with E-state index in [2.05, 4.69) is 19.2 Å². The fourth-order valence-electron chi connectivity index (χ4n) is 3.96. The summed E-state index contributed by atoms with van der Waals surface area (Å²) in [4.78, 5) is 13.4. The lowest BCUT2D eigenvalue weighted by molar-refractivity contribution is -0.127. The summed E-state index contributed by atoms with van der Waals surface area (Å²) in [5.41, 5.74) is 2.10. The number of rotatable bonds is 7. The maximum Gasteiger partial charge on any atom is 0.243 e. The van der Waals surface area contributed by atoms with Crippen molar-refractivity contribution in [1.82, 2.24) is 9.62 Å². The molecule has 0 spiro atoms. The van der Waals surface area contributed by atoms with Gasteiger partial charge in [0.25, 0.3) is 0 Å². The molecule has 1 aliphatic rings. The van der Waals surface area contributed by atoms with Crippen molar-refractivity contribution in [3.05, 3.63) is 65.7 Å². The van der Waals surface area contributed by atoms with Crippen LogP contribution in [-0.4, -0.2) is 31.7 Å². The Morgan fingerprint density at radius 3 is 2.40 bits per heavy atom. The lowest BCUT2D eigenvalue weighted by atomic mass is 9.94. The van der Waals surface area contributed by atoms with Crippen LogP contribution in [0.1, 0.15) is 50.3 Å². The van der Waals surface area contributed by atoms with Gasteiger partial charge in [-0.15, -0.1) is 0 Å². The van der Waals surface area contributed by atoms with E-state index in [0.29, 0.717) is 25.3 Å². The number of benzene rings is 2. The van der Waals surface area contributed by atoms with Gasteiger partial charge in [-0.1, -0.05) is 61.9 Å². The molecule has 0 radical (unpaired) electrons. The Morgan fingerprint density at radius 1 is 1.10 bits per heavy atom. The van der Waals surface area contributed by atoms with Crippen LogP contribution in [0.3, 0.4) is 0 Å². The van der Waals surface area contributed by atoms with E-state index in [9.17, 15) is 13.2 Å². The molecule has 0 bridgehead atoms. The molecule has 1 heterocycles. The summed E-state index contributed by atoms with van der Waals surface area (Å²) in [6, 6.07) is 16.8. The largest absolute Gasteiger partial charge is 0.349 e. The van der Waals surface area contributed by atoms with Crippen molar-refractivity contribution in [2.24, 2.45) is 11.8 Å². The molecule has 1 amide bonds. The first-order chi connectivity index (χ1) is 14.3. The van der Waals surface area contributed by atoms with Crippen molar-refractivity contribution in [2.45, 2.75) is 51.0 Å². The lowest BCUT2D eigenvalue weighted by Crippen LogP contribution is -2.46. The van der Waals surface area contributed by atoms with Crippen LogP contribution in [0.5, 0.6) is 0 Å². The fraction of sp³-hybridized carbons (Fsp3) is 0.458. The third-order valence-electron chi connectivity index (χ3n) is 5.64. The van der Waals surface area contributed by atoms with E-state index < -0.39 is 10.0 Å². The van der Waals surface area contributed by atoms with E-state index in [1.54, 1.807) is 24.3 Å². The van der Waals surface area contributed by atoms with Gasteiger partial charge in [0.2, 0.25) is 15.9 Å². The van der Waals surface area contributed by atoms with Gasteiger partial charge in [0.15, 0.2) is 0 Å². The van der Waals surface area contributed by atoms with E-state index in [-0.39, 0.29) is 29.3 Å². The van der Waals surface area contributed by atoms with Crippen molar-refractivity contribution in [3.63, 3.8) is 0 Å². The summed E-state index contributed by atoms with van der Waals surface area (Å²) in [6.07, 6.45) is 2.23. The van der Waals surface area contributed by atoms with E-state index in [1.807, 2.05) is 37.3 Å². The van der Waals surface area contributed by atoms with E-state index in [4.69, 9.17) is 0 Å². The van der Waals surface area contributed by atoms with E-state index in [0.717, 1.165) is 17.5 Å². The highest BCUT2D eigenvalue weighted by atomic mass is 32.2. The zero-order chi connectivity index (χ0) is 21.7. The van der Waals surface area contributed by atoms with Crippen LogP contribution in [0, 0.1) is 18.8 Å². The summed E-state index contributed by atoms with van der Waals surface area (Å²) in [7, 11) is -3.59. The molecule has 1 saturated heterocycles. The molecule has 0 unspecified atom stereocenters. The number of nitrogens with zero attached hydrogens (tertiary/aromatic N) is 1. The predicted molar refractivity (Wildman–Crippen MR) is 119 cm³/mol. The highest BCUT2D eigenvalue weighted by Crippen LogP contribution is 2.26. The summed E-state index contributed by atoms with van der Waals surface area (Å²) in [5.74, 6) is 0.0333. The second-order valence-electron chi connectivity index (χ2n) is 8.62. The average Bonchev–Trinajstić information content (AvgIpc) is 2.74. The van der Waals surface area contributed by atoms with Crippen molar-refractivity contribution < 1.29 is 13.2 Å². The Hall–Kier alpha value is -2.18. The minimum absolute atomic E-state index is 0.0618. The molecular formula is C24H32N2O3S. The van der Waals surface area contributed by atoms with E-state index >= 15 is 0 Å². The van der Waals surface area contributed by atoms with Gasteiger partial charge in [-0.3, -0.25) is 4.79 Å². The molecule has 2 atom stereocenters. The highest BCUT2D eigenvalue weighted by Gasteiger charge is 2.34. The minimum Gasteiger partial charge on any atom is -0.349 e. The topological polar surface area (TPSA) is 66.5 Å². The molecule has 0 aromatic heterocycles. The van der Waals surface area contributed by atoms with Crippen molar-refractivity contribution in [1.29, 1.82) is 0 Å². The van der Waals surface area contributed by atoms with Gasteiger partial charge in [-0.25, -0.2) is 8.42 Å². The Morgan fingerprint density at radius 2 is 1.77 bits per heavy atom. The molecule has 2 aromatic rings. The molecule has 2 aromatic carbocycles. The number of hydrogen-bond acceptors (Lipinski definition) is 3. The normalized spacial score (nSPS) is 18.9. The summed E-state index contributed by atoms with van der Waals surface area (Å²) in [6.45, 7) is 6.88. The SMILES string of the molecule is Cc1ccc(S(=O)(=O)N2CCC[C@@H](C(=O)N[C@H](CC(C)C)c3ccccc3)C2)cc1. The molecule has 1 N–H and O–H groups in total. The van der Waals surface area contributed by atoms with Crippen LogP contribution >= 0.6 is 0 Å². The third kappa shape index (κ3) is 5.49. The van der Waals surface area contributed by atoms with Crippen molar-refractivity contribution >= 4 is 15.9 Å². The first kappa shape index (κ1) is 22.5. The van der Waals surface area contributed by atoms with Gasteiger partial charge in [0.05, 0.1) is 16.9 Å². The molecule has 30 heavy (non-hydrogen) atoms. The molecule has 0 saturated carbocycles. The Bertz CT molecular complexity index is 940. The molecule has 162 valence electrons. The first-order valence-corrected chi connectivity index (χ1v) is 12.1. The monoisotopic (exact) mass is 428 g/mol. The summed E-state index contributed by atoms with van der Waals surface area (Å²) >= 11 is 0. The Balaban J connectivity index is 1.72. The zero-order valence-electron chi connectivity index (χ0n) is 18.0. The van der Waals surface area contributed by atoms with Gasteiger partial charge in [0, 0.05) is 13.1 Å². The second-order valence-corrected chi connectivity index (χ2v) is 10.6. The van der Waals surface area contributed by atoms with Crippen LogP contribution in [0.15, 0.2) is 59.5 Å². The van der Waals surface area contributed by atoms with Gasteiger partial charge >= 0.3 is 0 Å².